The summed E-state index contributed by atoms with van der Waals surface area (Å²) < 4.78 is 49.9. The fraction of sp³-hybridized carbons (Fsp3) is 0.381. The lowest BCUT2D eigenvalue weighted by Crippen LogP contribution is -2.21. The molecule has 1 aliphatic heterocycles. The predicted molar refractivity (Wildman–Crippen MR) is 103 cm³/mol. The van der Waals surface area contributed by atoms with Gasteiger partial charge in [0.05, 0.1) is 30.8 Å². The number of nitrogens with one attached hydrogen (secondary N) is 1. The lowest BCUT2D eigenvalue weighted by atomic mass is 9.99. The lowest BCUT2D eigenvalue weighted by Gasteiger charge is -2.21. The zero-order chi connectivity index (χ0) is 21.1. The van der Waals surface area contributed by atoms with Gasteiger partial charge < -0.3 is 14.8 Å². The number of hydrogen-bond donors (Lipinski definition) is 1. The van der Waals surface area contributed by atoms with Crippen LogP contribution in [0.15, 0.2) is 30.5 Å². The SMILES string of the molecule is N#Cc1nc(C2CC2)cnc1Nc1cccc(C2=CCOCC2)c1OC(F)C(F)F. The van der Waals surface area contributed by atoms with E-state index in [9.17, 15) is 18.4 Å². The van der Waals surface area contributed by atoms with Gasteiger partial charge in [0.1, 0.15) is 6.07 Å². The summed E-state index contributed by atoms with van der Waals surface area (Å²) in [5.41, 5.74) is 2.32. The maximum atomic E-state index is 13.8. The highest BCUT2D eigenvalue weighted by Gasteiger charge is 2.28. The van der Waals surface area contributed by atoms with E-state index in [0.717, 1.165) is 24.1 Å². The number of nitrogens with zero attached hydrogens (tertiary/aromatic N) is 3. The van der Waals surface area contributed by atoms with Crippen LogP contribution in [0.4, 0.5) is 24.7 Å². The summed E-state index contributed by atoms with van der Waals surface area (Å²) in [5, 5.41) is 12.4. The van der Waals surface area contributed by atoms with E-state index in [0.29, 0.717) is 31.1 Å². The molecule has 1 N–H and O–H groups in total. The molecule has 1 aliphatic carbocycles. The van der Waals surface area contributed by atoms with Gasteiger partial charge in [-0.1, -0.05) is 18.2 Å². The Morgan fingerprint density at radius 1 is 1.27 bits per heavy atom. The molecule has 2 heterocycles. The smallest absolute Gasteiger partial charge is 0.304 e. The monoisotopic (exact) mass is 416 g/mol. The van der Waals surface area contributed by atoms with Crippen molar-refractivity contribution in [1.29, 1.82) is 5.26 Å². The van der Waals surface area contributed by atoms with Crippen molar-refractivity contribution < 1.29 is 22.6 Å². The minimum absolute atomic E-state index is 0.0737. The van der Waals surface area contributed by atoms with Gasteiger partial charge in [-0.25, -0.2) is 18.7 Å². The van der Waals surface area contributed by atoms with Gasteiger partial charge >= 0.3 is 6.43 Å². The molecule has 1 fully saturated rings. The van der Waals surface area contributed by atoms with Gasteiger partial charge in [-0.15, -0.1) is 0 Å². The molecule has 0 radical (unpaired) electrons. The zero-order valence-corrected chi connectivity index (χ0v) is 15.9. The number of aromatic nitrogens is 2. The molecule has 0 amide bonds. The van der Waals surface area contributed by atoms with E-state index in [1.54, 1.807) is 30.5 Å². The molecule has 156 valence electrons. The molecule has 2 aromatic rings. The van der Waals surface area contributed by atoms with Crippen LogP contribution in [0, 0.1) is 11.3 Å². The molecule has 0 spiro atoms. The third-order valence-electron chi connectivity index (χ3n) is 4.90. The fourth-order valence-electron chi connectivity index (χ4n) is 3.23. The van der Waals surface area contributed by atoms with Crippen LogP contribution < -0.4 is 10.1 Å². The van der Waals surface area contributed by atoms with Crippen LogP contribution in [0.3, 0.4) is 0 Å². The molecule has 1 aromatic carbocycles. The summed E-state index contributed by atoms with van der Waals surface area (Å²) in [6, 6.07) is 6.91. The van der Waals surface area contributed by atoms with Crippen molar-refractivity contribution in [1.82, 2.24) is 9.97 Å². The first-order valence-electron chi connectivity index (χ1n) is 9.60. The van der Waals surface area contributed by atoms with Crippen molar-refractivity contribution >= 4 is 17.1 Å². The minimum Gasteiger partial charge on any atom is -0.452 e. The topological polar surface area (TPSA) is 80.1 Å². The Balaban J connectivity index is 1.72. The fourth-order valence-corrected chi connectivity index (χ4v) is 3.23. The lowest BCUT2D eigenvalue weighted by molar-refractivity contribution is -0.0666. The van der Waals surface area contributed by atoms with E-state index < -0.39 is 12.8 Å². The normalized spacial score (nSPS) is 17.2. The second kappa shape index (κ2) is 8.71. The molecule has 1 saturated carbocycles. The number of benzene rings is 1. The number of nitriles is 1. The van der Waals surface area contributed by atoms with Crippen molar-refractivity contribution in [2.24, 2.45) is 0 Å². The van der Waals surface area contributed by atoms with Crippen molar-refractivity contribution in [2.45, 2.75) is 38.0 Å². The largest absolute Gasteiger partial charge is 0.452 e. The van der Waals surface area contributed by atoms with E-state index >= 15 is 0 Å². The van der Waals surface area contributed by atoms with Gasteiger partial charge in [0, 0.05) is 11.5 Å². The van der Waals surface area contributed by atoms with Crippen LogP contribution in [0.5, 0.6) is 5.75 Å². The Morgan fingerprint density at radius 2 is 2.10 bits per heavy atom. The Labute approximate surface area is 171 Å². The third kappa shape index (κ3) is 4.39. The molecule has 2 aliphatic rings. The molecule has 6 nitrogen and oxygen atoms in total. The number of anilines is 2. The minimum atomic E-state index is -3.30. The molecular weight excluding hydrogens is 397 g/mol. The van der Waals surface area contributed by atoms with E-state index in [4.69, 9.17) is 9.47 Å². The second-order valence-electron chi connectivity index (χ2n) is 7.04. The van der Waals surface area contributed by atoms with Crippen LogP contribution in [0.25, 0.3) is 5.57 Å². The van der Waals surface area contributed by atoms with Gasteiger partial charge in [-0.3, -0.25) is 0 Å². The highest BCUT2D eigenvalue weighted by Crippen LogP contribution is 2.41. The van der Waals surface area contributed by atoms with Gasteiger partial charge in [0.2, 0.25) is 0 Å². The summed E-state index contributed by atoms with van der Waals surface area (Å²) in [7, 11) is 0. The van der Waals surface area contributed by atoms with E-state index in [1.165, 1.54) is 0 Å². The van der Waals surface area contributed by atoms with E-state index in [1.807, 2.05) is 6.07 Å². The van der Waals surface area contributed by atoms with Gasteiger partial charge in [-0.05, 0) is 30.9 Å². The quantitative estimate of drug-likeness (QED) is 0.704. The molecule has 1 aromatic heterocycles. The first kappa shape index (κ1) is 20.2. The average Bonchev–Trinajstić information content (AvgIpc) is 3.61. The number of rotatable bonds is 7. The van der Waals surface area contributed by atoms with Crippen LogP contribution in [0.1, 0.15) is 42.1 Å². The van der Waals surface area contributed by atoms with Crippen LogP contribution in [-0.2, 0) is 4.74 Å². The van der Waals surface area contributed by atoms with Gasteiger partial charge in [0.15, 0.2) is 17.3 Å². The van der Waals surface area contributed by atoms with Crippen molar-refractivity contribution in [3.63, 3.8) is 0 Å². The Kier molecular flexibility index (Phi) is 5.86. The number of hydrogen-bond acceptors (Lipinski definition) is 6. The maximum Gasteiger partial charge on any atom is 0.304 e. The molecule has 1 atom stereocenters. The molecular formula is C21H19F3N4O2. The Morgan fingerprint density at radius 3 is 2.77 bits per heavy atom. The molecule has 4 rings (SSSR count). The summed E-state index contributed by atoms with van der Waals surface area (Å²) in [6.07, 6.45) is -0.162. The summed E-state index contributed by atoms with van der Waals surface area (Å²) in [5.74, 6) is 0.396. The number of ether oxygens (including phenoxy) is 2. The molecule has 30 heavy (non-hydrogen) atoms. The number of halogens is 3. The molecule has 0 saturated heterocycles. The first-order chi connectivity index (χ1) is 14.6. The standard InChI is InChI=1S/C21H19F3N4O2/c22-19(23)20(24)30-18-14(12-6-8-29-9-7-12)2-1-3-15(18)28-21-16(10-25)27-17(11-26-21)13-4-5-13/h1-3,6,11,13,19-20H,4-5,7-9H2,(H,26,28). The maximum absolute atomic E-state index is 13.8. The van der Waals surface area contributed by atoms with Gasteiger partial charge in [-0.2, -0.15) is 9.65 Å². The van der Waals surface area contributed by atoms with Gasteiger partial charge in [0.25, 0.3) is 6.36 Å². The Hall–Kier alpha value is -3.12. The molecule has 1 unspecified atom stereocenters. The zero-order valence-electron chi connectivity index (χ0n) is 15.9. The number of para-hydroxylation sites is 1. The summed E-state index contributed by atoms with van der Waals surface area (Å²) in [6.45, 7) is 0.830. The van der Waals surface area contributed by atoms with Crippen LogP contribution >= 0.6 is 0 Å². The number of alkyl halides is 3. The van der Waals surface area contributed by atoms with Crippen molar-refractivity contribution in [2.75, 3.05) is 18.5 Å². The first-order valence-corrected chi connectivity index (χ1v) is 9.60. The summed E-state index contributed by atoms with van der Waals surface area (Å²) in [4.78, 5) is 8.61. The van der Waals surface area contributed by atoms with E-state index in [-0.39, 0.29) is 22.9 Å². The van der Waals surface area contributed by atoms with E-state index in [2.05, 4.69) is 15.3 Å². The van der Waals surface area contributed by atoms with Crippen molar-refractivity contribution in [3.8, 4) is 11.8 Å². The summed E-state index contributed by atoms with van der Waals surface area (Å²) >= 11 is 0. The second-order valence-corrected chi connectivity index (χ2v) is 7.04. The molecule has 0 bridgehead atoms. The third-order valence-corrected chi connectivity index (χ3v) is 4.90. The highest BCUT2D eigenvalue weighted by molar-refractivity contribution is 5.79. The Bertz CT molecular complexity index is 1000. The predicted octanol–water partition coefficient (Wildman–Crippen LogP) is 4.71. The highest BCUT2D eigenvalue weighted by atomic mass is 19.3. The van der Waals surface area contributed by atoms with Crippen LogP contribution in [0.2, 0.25) is 0 Å². The average molecular weight is 416 g/mol. The van der Waals surface area contributed by atoms with Crippen LogP contribution in [-0.4, -0.2) is 36.0 Å². The molecule has 9 heteroatoms. The van der Waals surface area contributed by atoms with Crippen molar-refractivity contribution in [3.05, 3.63) is 47.4 Å².